The molecule has 2 aromatic carbocycles. The van der Waals surface area contributed by atoms with Crippen LogP contribution in [0.15, 0.2) is 54.6 Å². The maximum atomic E-state index is 10.9. The van der Waals surface area contributed by atoms with Crippen molar-refractivity contribution in [2.45, 2.75) is 38.1 Å². The third kappa shape index (κ3) is 3.49. The van der Waals surface area contributed by atoms with Crippen LogP contribution in [0.5, 0.6) is 5.75 Å². The van der Waals surface area contributed by atoms with Crippen LogP contribution in [0.1, 0.15) is 30.9 Å². The average Bonchev–Trinajstić information content (AvgIpc) is 2.54. The highest BCUT2D eigenvalue weighted by atomic mass is 16.5. The van der Waals surface area contributed by atoms with Crippen LogP contribution in [0.4, 0.5) is 0 Å². The first kappa shape index (κ1) is 15.1. The lowest BCUT2D eigenvalue weighted by atomic mass is 9.84. The highest BCUT2D eigenvalue weighted by molar-refractivity contribution is 5.33. The molecule has 0 amide bonds. The Kier molecular flexibility index (Phi) is 4.46. The number of benzene rings is 2. The second-order valence-electron chi connectivity index (χ2n) is 5.97. The summed E-state index contributed by atoms with van der Waals surface area (Å²) in [5.41, 5.74) is 1.23. The molecule has 1 N–H and O–H groups in total. The van der Waals surface area contributed by atoms with Gasteiger partial charge in [0, 0.05) is 12.8 Å². The predicted molar refractivity (Wildman–Crippen MR) is 85.8 cm³/mol. The molecule has 0 radical (unpaired) electrons. The zero-order valence-electron chi connectivity index (χ0n) is 12.9. The summed E-state index contributed by atoms with van der Waals surface area (Å²) in [4.78, 5) is 0. The van der Waals surface area contributed by atoms with E-state index in [1.165, 1.54) is 0 Å². The van der Waals surface area contributed by atoms with Gasteiger partial charge in [0.1, 0.15) is 12.4 Å². The van der Waals surface area contributed by atoms with Crippen molar-refractivity contribution < 1.29 is 14.6 Å². The first-order valence-corrected chi connectivity index (χ1v) is 7.77. The molecular formula is C19H22O3. The number of hydrogen-bond acceptors (Lipinski definition) is 3. The molecule has 0 spiro atoms. The van der Waals surface area contributed by atoms with Crippen LogP contribution in [0.3, 0.4) is 0 Å². The highest BCUT2D eigenvalue weighted by Crippen LogP contribution is 2.35. The third-order valence-corrected chi connectivity index (χ3v) is 4.16. The van der Waals surface area contributed by atoms with Gasteiger partial charge in [0.05, 0.1) is 18.3 Å². The van der Waals surface area contributed by atoms with Gasteiger partial charge in [0.15, 0.2) is 0 Å². The van der Waals surface area contributed by atoms with Gasteiger partial charge in [-0.1, -0.05) is 42.5 Å². The minimum absolute atomic E-state index is 0.0765. The van der Waals surface area contributed by atoms with Crippen molar-refractivity contribution in [1.82, 2.24) is 0 Å². The Hall–Kier alpha value is -1.84. The fraction of sp³-hybridized carbons (Fsp3) is 0.368. The fourth-order valence-corrected chi connectivity index (χ4v) is 2.94. The van der Waals surface area contributed by atoms with Gasteiger partial charge in [-0.05, 0) is 30.2 Å². The van der Waals surface area contributed by atoms with Gasteiger partial charge in [0.25, 0.3) is 0 Å². The van der Waals surface area contributed by atoms with Crippen molar-refractivity contribution >= 4 is 0 Å². The molecule has 0 saturated carbocycles. The molecule has 3 heteroatoms. The van der Waals surface area contributed by atoms with Crippen molar-refractivity contribution in [3.05, 3.63) is 65.7 Å². The predicted octanol–water partition coefficient (Wildman–Crippen LogP) is 3.65. The molecule has 1 aliphatic heterocycles. The van der Waals surface area contributed by atoms with Gasteiger partial charge in [-0.2, -0.15) is 0 Å². The van der Waals surface area contributed by atoms with Crippen molar-refractivity contribution in [2.24, 2.45) is 0 Å². The summed E-state index contributed by atoms with van der Waals surface area (Å²) in [5.74, 6) is 0.786. The molecule has 3 rings (SSSR count). The lowest BCUT2D eigenvalue weighted by Gasteiger charge is -2.36. The smallest absolute Gasteiger partial charge is 0.120 e. The van der Waals surface area contributed by atoms with E-state index in [4.69, 9.17) is 9.47 Å². The van der Waals surface area contributed by atoms with Crippen LogP contribution in [0.25, 0.3) is 0 Å². The monoisotopic (exact) mass is 298 g/mol. The van der Waals surface area contributed by atoms with E-state index >= 15 is 0 Å². The van der Waals surface area contributed by atoms with E-state index in [1.54, 1.807) is 0 Å². The van der Waals surface area contributed by atoms with Crippen molar-refractivity contribution in [3.63, 3.8) is 0 Å². The molecule has 1 saturated heterocycles. The van der Waals surface area contributed by atoms with Gasteiger partial charge in [-0.15, -0.1) is 0 Å². The molecule has 1 aliphatic rings. The van der Waals surface area contributed by atoms with Crippen LogP contribution < -0.4 is 4.74 Å². The number of ether oxygens (including phenoxy) is 2. The van der Waals surface area contributed by atoms with E-state index in [0.29, 0.717) is 26.1 Å². The number of rotatable bonds is 4. The van der Waals surface area contributed by atoms with E-state index in [2.05, 4.69) is 0 Å². The Balaban J connectivity index is 1.72. The standard InChI is InChI=1S/C19H22O3/c1-15-13-19(20,10-11-21-15)17-8-5-9-18(12-17)22-14-16-6-3-2-4-7-16/h2-9,12,15,20H,10-11,13-14H2,1H3/t15-,19+/m0/s1. The molecule has 0 unspecified atom stereocenters. The fourth-order valence-electron chi connectivity index (χ4n) is 2.94. The molecule has 3 nitrogen and oxygen atoms in total. The van der Waals surface area contributed by atoms with E-state index in [-0.39, 0.29) is 6.10 Å². The van der Waals surface area contributed by atoms with Crippen LogP contribution in [-0.4, -0.2) is 17.8 Å². The second kappa shape index (κ2) is 6.51. The normalized spacial score (nSPS) is 24.9. The number of aliphatic hydroxyl groups is 1. The number of hydrogen-bond donors (Lipinski definition) is 1. The first-order chi connectivity index (χ1) is 10.7. The van der Waals surface area contributed by atoms with Crippen LogP contribution in [0.2, 0.25) is 0 Å². The van der Waals surface area contributed by atoms with E-state index in [1.807, 2.05) is 61.5 Å². The summed E-state index contributed by atoms with van der Waals surface area (Å²) in [5, 5.41) is 10.9. The summed E-state index contributed by atoms with van der Waals surface area (Å²) in [6, 6.07) is 17.9. The van der Waals surface area contributed by atoms with Gasteiger partial charge in [0.2, 0.25) is 0 Å². The zero-order chi connectivity index (χ0) is 15.4. The minimum Gasteiger partial charge on any atom is -0.489 e. The Bertz CT molecular complexity index is 611. The van der Waals surface area contributed by atoms with E-state index < -0.39 is 5.60 Å². The molecule has 0 aromatic heterocycles. The first-order valence-electron chi connectivity index (χ1n) is 7.77. The summed E-state index contributed by atoms with van der Waals surface area (Å²) in [6.45, 7) is 3.12. The maximum absolute atomic E-state index is 10.9. The third-order valence-electron chi connectivity index (χ3n) is 4.16. The van der Waals surface area contributed by atoms with Crippen LogP contribution in [0, 0.1) is 0 Å². The summed E-state index contributed by atoms with van der Waals surface area (Å²) in [6.07, 6.45) is 1.32. The maximum Gasteiger partial charge on any atom is 0.120 e. The molecular weight excluding hydrogens is 276 g/mol. The molecule has 0 aliphatic carbocycles. The van der Waals surface area contributed by atoms with Gasteiger partial charge < -0.3 is 14.6 Å². The quantitative estimate of drug-likeness (QED) is 0.936. The van der Waals surface area contributed by atoms with Crippen molar-refractivity contribution in [3.8, 4) is 5.75 Å². The Morgan fingerprint density at radius 1 is 1.18 bits per heavy atom. The molecule has 0 bridgehead atoms. The van der Waals surface area contributed by atoms with Crippen LogP contribution in [-0.2, 0) is 16.9 Å². The SMILES string of the molecule is C[C@H]1C[C@@](O)(c2cccc(OCc3ccccc3)c2)CCO1. The lowest BCUT2D eigenvalue weighted by molar-refractivity contribution is -0.101. The van der Waals surface area contributed by atoms with Gasteiger partial charge in [-0.25, -0.2) is 0 Å². The van der Waals surface area contributed by atoms with Crippen LogP contribution >= 0.6 is 0 Å². The van der Waals surface area contributed by atoms with Gasteiger partial charge >= 0.3 is 0 Å². The average molecular weight is 298 g/mol. The molecule has 22 heavy (non-hydrogen) atoms. The molecule has 116 valence electrons. The van der Waals surface area contributed by atoms with Gasteiger partial charge in [-0.3, -0.25) is 0 Å². The Morgan fingerprint density at radius 3 is 2.77 bits per heavy atom. The van der Waals surface area contributed by atoms with E-state index in [9.17, 15) is 5.11 Å². The molecule has 2 atom stereocenters. The summed E-state index contributed by atoms with van der Waals surface area (Å²) in [7, 11) is 0. The summed E-state index contributed by atoms with van der Waals surface area (Å²) < 4.78 is 11.4. The van der Waals surface area contributed by atoms with Crippen molar-refractivity contribution in [1.29, 1.82) is 0 Å². The second-order valence-corrected chi connectivity index (χ2v) is 5.97. The molecule has 1 fully saturated rings. The molecule has 2 aromatic rings. The van der Waals surface area contributed by atoms with E-state index in [0.717, 1.165) is 16.9 Å². The zero-order valence-corrected chi connectivity index (χ0v) is 12.9. The highest BCUT2D eigenvalue weighted by Gasteiger charge is 2.35. The van der Waals surface area contributed by atoms with Crippen molar-refractivity contribution in [2.75, 3.05) is 6.61 Å². The largest absolute Gasteiger partial charge is 0.489 e. The topological polar surface area (TPSA) is 38.7 Å². The Labute approximate surface area is 131 Å². The minimum atomic E-state index is -0.816. The lowest BCUT2D eigenvalue weighted by Crippen LogP contribution is -2.37. The molecule has 1 heterocycles. The summed E-state index contributed by atoms with van der Waals surface area (Å²) >= 11 is 0. The Morgan fingerprint density at radius 2 is 2.00 bits per heavy atom.